The minimum absolute atomic E-state index is 0.443. The molecule has 0 N–H and O–H groups in total. The van der Waals surface area contributed by atoms with Gasteiger partial charge in [-0.1, -0.05) is 60.7 Å². The summed E-state index contributed by atoms with van der Waals surface area (Å²) >= 11 is 0. The van der Waals surface area contributed by atoms with E-state index in [1.54, 1.807) is 0 Å². The largest absolute Gasteiger partial charge is 0.241 e. The van der Waals surface area contributed by atoms with Crippen molar-refractivity contribution in [1.82, 2.24) is 9.97 Å². The molecule has 1 heterocycles. The van der Waals surface area contributed by atoms with Crippen molar-refractivity contribution < 1.29 is 0 Å². The summed E-state index contributed by atoms with van der Waals surface area (Å²) in [4.78, 5) is 18.0. The zero-order valence-corrected chi connectivity index (χ0v) is 15.5. The Morgan fingerprint density at radius 1 is 0.567 bits per heavy atom. The molecule has 6 nitrogen and oxygen atoms in total. The Morgan fingerprint density at radius 2 is 1.03 bits per heavy atom. The minimum atomic E-state index is 0.443. The molecule has 30 heavy (non-hydrogen) atoms. The zero-order valence-electron chi connectivity index (χ0n) is 15.5. The van der Waals surface area contributed by atoms with Gasteiger partial charge < -0.3 is 0 Å². The molecule has 6 heteroatoms. The molecule has 2 aliphatic carbocycles. The fourth-order valence-electron chi connectivity index (χ4n) is 4.35. The maximum atomic E-state index is 9.33. The smallest absolute Gasteiger partial charge is 0.206 e. The fourth-order valence-corrected chi connectivity index (χ4v) is 4.35. The van der Waals surface area contributed by atoms with Gasteiger partial charge in [0.15, 0.2) is 0 Å². The quantitative estimate of drug-likeness (QED) is 0.367. The lowest BCUT2D eigenvalue weighted by molar-refractivity contribution is 1.16. The van der Waals surface area contributed by atoms with Crippen LogP contribution in [0.3, 0.4) is 0 Å². The summed E-state index contributed by atoms with van der Waals surface area (Å²) in [5.74, 6) is 0. The van der Waals surface area contributed by atoms with Crippen LogP contribution in [0, 0.1) is 22.9 Å². The molecule has 0 saturated carbocycles. The van der Waals surface area contributed by atoms with Crippen LogP contribution in [0.4, 0.5) is 0 Å². The Kier molecular flexibility index (Phi) is 3.21. The van der Waals surface area contributed by atoms with Crippen LogP contribution in [0.5, 0.6) is 0 Å². The molecule has 3 aromatic carbocycles. The minimum Gasteiger partial charge on any atom is -0.241 e. The number of hydrogen-bond acceptors (Lipinski definition) is 6. The first-order valence-corrected chi connectivity index (χ1v) is 9.30. The molecule has 4 aromatic rings. The van der Waals surface area contributed by atoms with Crippen LogP contribution in [0.2, 0.25) is 0 Å². The fraction of sp³-hybridized carbons (Fsp3) is 0. The second-order valence-corrected chi connectivity index (χ2v) is 6.99. The van der Waals surface area contributed by atoms with Gasteiger partial charge in [0.25, 0.3) is 0 Å². The zero-order chi connectivity index (χ0) is 20.2. The number of benzene rings is 3. The Balaban J connectivity index is 1.75. The molecular weight excluding hydrogens is 372 g/mol. The summed E-state index contributed by atoms with van der Waals surface area (Å²) in [6.45, 7) is 0. The number of nitrogens with zero attached hydrogens (tertiary/aromatic N) is 6. The first-order valence-electron chi connectivity index (χ1n) is 9.30. The molecule has 0 spiro atoms. The van der Waals surface area contributed by atoms with Crippen molar-refractivity contribution in [2.24, 2.45) is 9.98 Å². The SMILES string of the molecule is N#C/N=C1/c2ccccc2/C(=N\C#N)c2nc3c(nc21)-c1cccc2cccc-3c12. The molecule has 0 aliphatic heterocycles. The number of aromatic nitrogens is 2. The summed E-state index contributed by atoms with van der Waals surface area (Å²) in [7, 11) is 0. The van der Waals surface area contributed by atoms with E-state index in [9.17, 15) is 10.5 Å². The lowest BCUT2D eigenvalue weighted by atomic mass is 9.88. The highest BCUT2D eigenvalue weighted by Gasteiger charge is 2.34. The van der Waals surface area contributed by atoms with Gasteiger partial charge in [0.05, 0.1) is 11.4 Å². The number of nitriles is 2. The van der Waals surface area contributed by atoms with Crippen LogP contribution < -0.4 is 0 Å². The van der Waals surface area contributed by atoms with E-state index in [0.29, 0.717) is 33.9 Å². The van der Waals surface area contributed by atoms with E-state index >= 15 is 0 Å². The monoisotopic (exact) mass is 382 g/mol. The van der Waals surface area contributed by atoms with Crippen LogP contribution >= 0.6 is 0 Å². The Hall–Kier alpha value is -4.68. The molecule has 0 saturated heterocycles. The Bertz CT molecular complexity index is 1450. The maximum Gasteiger partial charge on any atom is 0.206 e. The van der Waals surface area contributed by atoms with Gasteiger partial charge in [-0.25, -0.2) is 9.97 Å². The van der Waals surface area contributed by atoms with Crippen molar-refractivity contribution in [2.75, 3.05) is 0 Å². The van der Waals surface area contributed by atoms with Gasteiger partial charge in [-0.05, 0) is 5.39 Å². The van der Waals surface area contributed by atoms with Crippen molar-refractivity contribution >= 4 is 22.2 Å². The highest BCUT2D eigenvalue weighted by atomic mass is 14.9. The second kappa shape index (κ2) is 5.91. The van der Waals surface area contributed by atoms with Crippen LogP contribution in [0.1, 0.15) is 22.5 Å². The third-order valence-corrected chi connectivity index (χ3v) is 5.52. The van der Waals surface area contributed by atoms with Gasteiger partial charge in [0.2, 0.25) is 12.4 Å². The summed E-state index contributed by atoms with van der Waals surface area (Å²) in [6.07, 6.45) is 3.77. The molecule has 0 atom stereocenters. The molecule has 0 unspecified atom stereocenters. The van der Waals surface area contributed by atoms with Crippen molar-refractivity contribution in [3.8, 4) is 34.9 Å². The van der Waals surface area contributed by atoms with E-state index in [1.807, 2.05) is 60.9 Å². The molecule has 0 fully saturated rings. The van der Waals surface area contributed by atoms with Crippen molar-refractivity contribution in [3.05, 3.63) is 83.2 Å². The predicted octanol–water partition coefficient (Wildman–Crippen LogP) is 4.23. The molecule has 2 aliphatic rings. The van der Waals surface area contributed by atoms with E-state index in [0.717, 1.165) is 33.3 Å². The number of hydrogen-bond donors (Lipinski definition) is 0. The van der Waals surface area contributed by atoms with E-state index in [1.165, 1.54) is 0 Å². The van der Waals surface area contributed by atoms with Crippen LogP contribution in [0.25, 0.3) is 33.3 Å². The third-order valence-electron chi connectivity index (χ3n) is 5.52. The topological polar surface area (TPSA) is 98.1 Å². The molecular formula is C24H10N6. The Labute approximate surface area is 171 Å². The van der Waals surface area contributed by atoms with Gasteiger partial charge in [-0.15, -0.1) is 0 Å². The normalized spacial score (nSPS) is 15.4. The summed E-state index contributed by atoms with van der Waals surface area (Å²) in [5.41, 5.74) is 6.75. The van der Waals surface area contributed by atoms with Crippen molar-refractivity contribution in [1.29, 1.82) is 10.5 Å². The first-order chi connectivity index (χ1) is 14.8. The number of fused-ring (bicyclic) bond motifs is 5. The van der Waals surface area contributed by atoms with E-state index in [4.69, 9.17) is 9.97 Å². The van der Waals surface area contributed by atoms with Gasteiger partial charge in [-0.3, -0.25) is 0 Å². The molecule has 1 aromatic heterocycles. The number of aliphatic imine (C=N–C) groups is 2. The average molecular weight is 382 g/mol. The van der Waals surface area contributed by atoms with E-state index < -0.39 is 0 Å². The molecule has 136 valence electrons. The summed E-state index contributed by atoms with van der Waals surface area (Å²) in [5, 5.41) is 20.9. The van der Waals surface area contributed by atoms with Crippen molar-refractivity contribution in [2.45, 2.75) is 0 Å². The van der Waals surface area contributed by atoms with Crippen LogP contribution in [-0.2, 0) is 0 Å². The lowest BCUT2D eigenvalue weighted by Gasteiger charge is -2.21. The highest BCUT2D eigenvalue weighted by Crippen LogP contribution is 2.46. The van der Waals surface area contributed by atoms with Crippen molar-refractivity contribution in [3.63, 3.8) is 0 Å². The number of rotatable bonds is 0. The van der Waals surface area contributed by atoms with Gasteiger partial charge in [0, 0.05) is 27.6 Å². The molecule has 0 amide bonds. The molecule has 0 radical (unpaired) electrons. The second-order valence-electron chi connectivity index (χ2n) is 6.99. The first kappa shape index (κ1) is 16.3. The summed E-state index contributed by atoms with van der Waals surface area (Å²) < 4.78 is 0. The standard InChI is InChI=1S/C24H10N6/c25-11-27-19-14-7-1-2-8-15(14)20(28-12-26)24-23(19)29-21-16-9-3-5-13-6-4-10-17(18(13)16)22(21)30-24/h1-10H/b27-19-,28-20+. The Morgan fingerprint density at radius 3 is 1.50 bits per heavy atom. The molecule has 0 bridgehead atoms. The van der Waals surface area contributed by atoms with Crippen LogP contribution in [-0.4, -0.2) is 21.4 Å². The average Bonchev–Trinajstić information content (AvgIpc) is 3.10. The van der Waals surface area contributed by atoms with Gasteiger partial charge >= 0.3 is 0 Å². The van der Waals surface area contributed by atoms with Gasteiger partial charge in [0.1, 0.15) is 22.8 Å². The third kappa shape index (κ3) is 1.99. The molecule has 6 rings (SSSR count). The van der Waals surface area contributed by atoms with Crippen LogP contribution in [0.15, 0.2) is 70.6 Å². The predicted molar refractivity (Wildman–Crippen MR) is 113 cm³/mol. The highest BCUT2D eigenvalue weighted by molar-refractivity contribution is 6.31. The van der Waals surface area contributed by atoms with E-state index in [-0.39, 0.29) is 0 Å². The van der Waals surface area contributed by atoms with E-state index in [2.05, 4.69) is 22.1 Å². The lowest BCUT2D eigenvalue weighted by Crippen LogP contribution is -2.25. The summed E-state index contributed by atoms with van der Waals surface area (Å²) in [6, 6.07) is 19.6. The maximum absolute atomic E-state index is 9.33. The van der Waals surface area contributed by atoms with Gasteiger partial charge in [-0.2, -0.15) is 20.5 Å².